The quantitative estimate of drug-likeness (QED) is 0.814. The predicted octanol–water partition coefficient (Wildman–Crippen LogP) is 2.77. The number of carboxylic acid groups (broad SMARTS) is 1. The third-order valence-corrected chi connectivity index (χ3v) is 4.53. The van der Waals surface area contributed by atoms with Gasteiger partial charge >= 0.3 is 5.97 Å². The summed E-state index contributed by atoms with van der Waals surface area (Å²) in [7, 11) is 0. The van der Waals surface area contributed by atoms with Gasteiger partial charge in [0.1, 0.15) is 0 Å². The van der Waals surface area contributed by atoms with Crippen LogP contribution in [0.2, 0.25) is 0 Å². The van der Waals surface area contributed by atoms with Gasteiger partial charge in [-0.3, -0.25) is 4.79 Å². The summed E-state index contributed by atoms with van der Waals surface area (Å²) in [6, 6.07) is 3.48. The first-order valence-electron chi connectivity index (χ1n) is 6.28. The van der Waals surface area contributed by atoms with Crippen LogP contribution < -0.4 is 5.32 Å². The van der Waals surface area contributed by atoms with Gasteiger partial charge in [0.15, 0.2) is 0 Å². The van der Waals surface area contributed by atoms with Gasteiger partial charge in [-0.05, 0) is 36.5 Å². The second kappa shape index (κ2) is 5.57. The van der Waals surface area contributed by atoms with Crippen molar-refractivity contribution in [1.82, 2.24) is 5.32 Å². The van der Waals surface area contributed by atoms with E-state index in [-0.39, 0.29) is 11.3 Å². The smallest absolute Gasteiger partial charge is 0.328 e. The highest BCUT2D eigenvalue weighted by Gasteiger charge is 2.31. The van der Waals surface area contributed by atoms with Crippen molar-refractivity contribution in [2.45, 2.75) is 26.2 Å². The van der Waals surface area contributed by atoms with Crippen molar-refractivity contribution in [3.05, 3.63) is 28.0 Å². The minimum Gasteiger partial charge on any atom is -0.478 e. The molecule has 19 heavy (non-hydrogen) atoms. The predicted molar refractivity (Wildman–Crippen MR) is 75.3 cm³/mol. The van der Waals surface area contributed by atoms with Crippen molar-refractivity contribution in [2.24, 2.45) is 5.41 Å². The lowest BCUT2D eigenvalue weighted by Crippen LogP contribution is -2.39. The van der Waals surface area contributed by atoms with Crippen molar-refractivity contribution in [3.8, 4) is 0 Å². The Labute approximate surface area is 116 Å². The van der Waals surface area contributed by atoms with E-state index in [1.807, 2.05) is 0 Å². The molecule has 1 amide bonds. The number of thiophene rings is 1. The summed E-state index contributed by atoms with van der Waals surface area (Å²) < 4.78 is 0. The molecule has 0 unspecified atom stereocenters. The lowest BCUT2D eigenvalue weighted by atomic mass is 9.70. The number of amides is 1. The molecule has 1 fully saturated rings. The fourth-order valence-corrected chi connectivity index (χ4v) is 2.88. The molecule has 102 valence electrons. The SMILES string of the molecule is CC1(CNC(=O)c2ccc(/C=C/C(=O)O)s2)CCC1. The molecule has 5 heteroatoms. The molecule has 0 atom stereocenters. The monoisotopic (exact) mass is 279 g/mol. The molecule has 0 aromatic carbocycles. The summed E-state index contributed by atoms with van der Waals surface area (Å²) in [5.41, 5.74) is 0.263. The molecule has 1 aliphatic rings. The molecule has 0 radical (unpaired) electrons. The van der Waals surface area contributed by atoms with Crippen molar-refractivity contribution in [2.75, 3.05) is 6.54 Å². The highest BCUT2D eigenvalue weighted by atomic mass is 32.1. The summed E-state index contributed by atoms with van der Waals surface area (Å²) >= 11 is 1.30. The van der Waals surface area contributed by atoms with E-state index in [9.17, 15) is 9.59 Å². The molecule has 1 aliphatic carbocycles. The Bertz CT molecular complexity index is 515. The molecule has 1 saturated carbocycles. The summed E-state index contributed by atoms with van der Waals surface area (Å²) in [4.78, 5) is 23.7. The van der Waals surface area contributed by atoms with Gasteiger partial charge in [0.05, 0.1) is 4.88 Å². The number of carbonyl (C=O) groups is 2. The van der Waals surface area contributed by atoms with Gasteiger partial charge in [-0.1, -0.05) is 13.3 Å². The topological polar surface area (TPSA) is 66.4 Å². The minimum atomic E-state index is -0.989. The zero-order chi connectivity index (χ0) is 13.9. The third kappa shape index (κ3) is 3.67. The molecule has 0 aliphatic heterocycles. The molecule has 1 heterocycles. The summed E-state index contributed by atoms with van der Waals surface area (Å²) in [6.45, 7) is 2.90. The number of aliphatic carboxylic acids is 1. The standard InChI is InChI=1S/C14H17NO3S/c1-14(7-2-8-14)9-15-13(18)11-5-3-10(19-11)4-6-12(16)17/h3-6H,2,7-9H2,1H3,(H,15,18)(H,16,17)/b6-4+. The Morgan fingerprint density at radius 3 is 2.79 bits per heavy atom. The fraction of sp³-hybridized carbons (Fsp3) is 0.429. The maximum Gasteiger partial charge on any atom is 0.328 e. The van der Waals surface area contributed by atoms with E-state index in [4.69, 9.17) is 5.11 Å². The summed E-state index contributed by atoms with van der Waals surface area (Å²) in [6.07, 6.45) is 6.16. The van der Waals surface area contributed by atoms with Crippen LogP contribution in [0.5, 0.6) is 0 Å². The highest BCUT2D eigenvalue weighted by Crippen LogP contribution is 2.39. The average Bonchev–Trinajstić information content (AvgIpc) is 2.80. The van der Waals surface area contributed by atoms with E-state index in [0.29, 0.717) is 11.4 Å². The minimum absolute atomic E-state index is 0.0758. The van der Waals surface area contributed by atoms with Crippen LogP contribution in [0.15, 0.2) is 18.2 Å². The Balaban J connectivity index is 1.90. The molecular weight excluding hydrogens is 262 g/mol. The van der Waals surface area contributed by atoms with E-state index >= 15 is 0 Å². The van der Waals surface area contributed by atoms with Gasteiger partial charge < -0.3 is 10.4 Å². The van der Waals surface area contributed by atoms with Crippen molar-refractivity contribution in [1.29, 1.82) is 0 Å². The fourth-order valence-electron chi connectivity index (χ4n) is 2.06. The maximum absolute atomic E-state index is 11.9. The molecule has 0 bridgehead atoms. The van der Waals surface area contributed by atoms with Gasteiger partial charge in [-0.25, -0.2) is 4.79 Å². The number of hydrogen-bond donors (Lipinski definition) is 2. The Morgan fingerprint density at radius 1 is 1.47 bits per heavy atom. The van der Waals surface area contributed by atoms with Crippen LogP contribution in [-0.4, -0.2) is 23.5 Å². The first-order chi connectivity index (χ1) is 8.98. The van der Waals surface area contributed by atoms with Crippen LogP contribution in [0.4, 0.5) is 0 Å². The van der Waals surface area contributed by atoms with Crippen molar-refractivity contribution >= 4 is 29.3 Å². The zero-order valence-corrected chi connectivity index (χ0v) is 11.6. The highest BCUT2D eigenvalue weighted by molar-refractivity contribution is 7.14. The molecule has 4 nitrogen and oxygen atoms in total. The van der Waals surface area contributed by atoms with Crippen LogP contribution in [0.25, 0.3) is 6.08 Å². The number of carbonyl (C=O) groups excluding carboxylic acids is 1. The van der Waals surface area contributed by atoms with E-state index in [0.717, 1.165) is 11.0 Å². The summed E-state index contributed by atoms with van der Waals surface area (Å²) in [5.74, 6) is -1.06. The van der Waals surface area contributed by atoms with Gasteiger partial charge in [-0.15, -0.1) is 11.3 Å². The van der Waals surface area contributed by atoms with E-state index in [1.165, 1.54) is 36.7 Å². The number of rotatable bonds is 5. The Kier molecular flexibility index (Phi) is 4.04. The Hall–Kier alpha value is -1.62. The third-order valence-electron chi connectivity index (χ3n) is 3.48. The van der Waals surface area contributed by atoms with Crippen molar-refractivity contribution in [3.63, 3.8) is 0 Å². The first kappa shape index (κ1) is 13.8. The second-order valence-corrected chi connectivity index (χ2v) is 6.34. The molecule has 1 aromatic rings. The largest absolute Gasteiger partial charge is 0.478 e. The van der Waals surface area contributed by atoms with Gasteiger partial charge in [0.25, 0.3) is 5.91 Å². The van der Waals surface area contributed by atoms with Crippen molar-refractivity contribution < 1.29 is 14.7 Å². The first-order valence-corrected chi connectivity index (χ1v) is 7.09. The van der Waals surface area contributed by atoms with Crippen LogP contribution in [0, 0.1) is 5.41 Å². The maximum atomic E-state index is 11.9. The average molecular weight is 279 g/mol. The molecule has 2 rings (SSSR count). The normalized spacial score (nSPS) is 17.1. The van der Waals surface area contributed by atoms with E-state index < -0.39 is 5.97 Å². The summed E-state index contributed by atoms with van der Waals surface area (Å²) in [5, 5.41) is 11.5. The van der Waals surface area contributed by atoms with Gasteiger partial charge in [0, 0.05) is 17.5 Å². The Morgan fingerprint density at radius 2 is 2.21 bits per heavy atom. The molecule has 0 spiro atoms. The van der Waals surface area contributed by atoms with Crippen LogP contribution >= 0.6 is 11.3 Å². The lowest BCUT2D eigenvalue weighted by molar-refractivity contribution is -0.131. The molecule has 0 saturated heterocycles. The van der Waals surface area contributed by atoms with Crippen LogP contribution in [-0.2, 0) is 4.79 Å². The number of carboxylic acids is 1. The van der Waals surface area contributed by atoms with E-state index in [1.54, 1.807) is 12.1 Å². The number of nitrogens with one attached hydrogen (secondary N) is 1. The van der Waals surface area contributed by atoms with E-state index in [2.05, 4.69) is 12.2 Å². The zero-order valence-electron chi connectivity index (χ0n) is 10.8. The van der Waals surface area contributed by atoms with Gasteiger partial charge in [-0.2, -0.15) is 0 Å². The van der Waals surface area contributed by atoms with Gasteiger partial charge in [0.2, 0.25) is 0 Å². The number of hydrogen-bond acceptors (Lipinski definition) is 3. The molecule has 1 aromatic heterocycles. The van der Waals surface area contributed by atoms with Crippen LogP contribution in [0.3, 0.4) is 0 Å². The second-order valence-electron chi connectivity index (χ2n) is 5.22. The lowest BCUT2D eigenvalue weighted by Gasteiger charge is -2.38. The molecular formula is C14H17NO3S. The van der Waals surface area contributed by atoms with Crippen LogP contribution in [0.1, 0.15) is 40.7 Å². The molecule has 2 N–H and O–H groups in total.